The fourth-order valence-electron chi connectivity index (χ4n) is 6.20. The first kappa shape index (κ1) is 27.6. The molecule has 42 heavy (non-hydrogen) atoms. The van der Waals surface area contributed by atoms with Crippen molar-refractivity contribution in [2.24, 2.45) is 0 Å². The molecule has 0 bridgehead atoms. The van der Waals surface area contributed by atoms with E-state index in [2.05, 4.69) is 21.5 Å². The number of hydrogen-bond donors (Lipinski definition) is 0. The van der Waals surface area contributed by atoms with E-state index in [4.69, 9.17) is 18.2 Å². The van der Waals surface area contributed by atoms with Crippen molar-refractivity contribution < 1.29 is 13.6 Å². The van der Waals surface area contributed by atoms with Crippen molar-refractivity contribution in [3.8, 4) is 11.1 Å². The Morgan fingerprint density at radius 2 is 2.07 bits per heavy atom. The van der Waals surface area contributed by atoms with E-state index >= 15 is 4.39 Å². The summed E-state index contributed by atoms with van der Waals surface area (Å²) in [6, 6.07) is 6.14. The number of rotatable bonds is 6. The maximum atomic E-state index is 15.1. The summed E-state index contributed by atoms with van der Waals surface area (Å²) < 4.78 is 32.3. The summed E-state index contributed by atoms with van der Waals surface area (Å²) in [4.78, 5) is 37.9. The van der Waals surface area contributed by atoms with Crippen molar-refractivity contribution in [2.45, 2.75) is 31.5 Å². The van der Waals surface area contributed by atoms with Crippen molar-refractivity contribution in [3.05, 3.63) is 99.5 Å². The summed E-state index contributed by atoms with van der Waals surface area (Å²) in [7, 11) is 0. The summed E-state index contributed by atoms with van der Waals surface area (Å²) >= 11 is 6.86. The van der Waals surface area contributed by atoms with E-state index in [1.807, 2.05) is 17.2 Å². The molecule has 0 radical (unpaired) electrons. The molecule has 1 saturated heterocycles. The van der Waals surface area contributed by atoms with Crippen LogP contribution in [0, 0.1) is 18.2 Å². The lowest BCUT2D eigenvalue weighted by molar-refractivity contribution is -0.128. The molecule has 1 fully saturated rings. The number of nitrogens with zero attached hydrogens (tertiary/aromatic N) is 7. The number of halogens is 3. The largest absolute Gasteiger partial charge is 0.352 e. The molecule has 1 unspecified atom stereocenters. The van der Waals surface area contributed by atoms with Gasteiger partial charge in [0.05, 0.1) is 18.1 Å². The van der Waals surface area contributed by atoms with Gasteiger partial charge in [0.1, 0.15) is 23.5 Å². The van der Waals surface area contributed by atoms with E-state index in [-0.39, 0.29) is 35.6 Å². The Balaban J connectivity index is 1.55. The summed E-state index contributed by atoms with van der Waals surface area (Å²) in [5.74, 6) is -1.32. The quantitative estimate of drug-likeness (QED) is 0.244. The van der Waals surface area contributed by atoms with Crippen LogP contribution in [0.5, 0.6) is 0 Å². The van der Waals surface area contributed by atoms with Crippen molar-refractivity contribution in [1.82, 2.24) is 24.2 Å². The fraction of sp³-hybridized carbons (Fsp3) is 0.300. The molecule has 0 saturated carbocycles. The number of aryl methyl sites for hydroxylation is 1. The van der Waals surface area contributed by atoms with E-state index in [9.17, 15) is 14.0 Å². The Kier molecular flexibility index (Phi) is 7.24. The van der Waals surface area contributed by atoms with E-state index in [0.29, 0.717) is 60.3 Å². The number of carbonyl (C=O) groups is 1. The smallest absolute Gasteiger partial charge is 0.350 e. The molecule has 4 heterocycles. The summed E-state index contributed by atoms with van der Waals surface area (Å²) in [5.41, 5.74) is 1.35. The second-order valence-corrected chi connectivity index (χ2v) is 10.8. The van der Waals surface area contributed by atoms with Crippen LogP contribution in [0.15, 0.2) is 60.2 Å². The highest BCUT2D eigenvalue weighted by Crippen LogP contribution is 2.44. The number of carbonyl (C=O) groups excluding carboxylic acids is 1. The average molecular weight is 590 g/mol. The van der Waals surface area contributed by atoms with E-state index in [1.54, 1.807) is 26.4 Å². The molecular weight excluding hydrogens is 564 g/mol. The van der Waals surface area contributed by atoms with Crippen LogP contribution in [0.25, 0.3) is 26.9 Å². The van der Waals surface area contributed by atoms with Gasteiger partial charge in [-0.1, -0.05) is 18.2 Å². The minimum absolute atomic E-state index is 0.0804. The van der Waals surface area contributed by atoms with Gasteiger partial charge in [-0.25, -0.2) is 20.1 Å². The summed E-state index contributed by atoms with van der Waals surface area (Å²) in [5, 5.41) is 5.16. The molecule has 0 N–H and O–H groups in total. The molecule has 214 valence electrons. The Hall–Kier alpha value is -4.56. The SMILES string of the molecule is [C-]#[N+]C[C@H]1CN(c2nc(=O)n3c4c(c(-c5ccc(F)cc5F)c(Cl)cc24)CCC3Cn2cccn2)CCN1C(=O)C=C. The highest BCUT2D eigenvalue weighted by Gasteiger charge is 2.35. The lowest BCUT2D eigenvalue weighted by atomic mass is 9.89. The van der Waals surface area contributed by atoms with Crippen LogP contribution < -0.4 is 10.6 Å². The van der Waals surface area contributed by atoms with E-state index in [1.165, 1.54) is 18.2 Å². The first-order valence-corrected chi connectivity index (χ1v) is 13.9. The Labute approximate surface area is 245 Å². The number of anilines is 1. The monoisotopic (exact) mass is 589 g/mol. The topological polar surface area (TPSA) is 80.6 Å². The predicted octanol–water partition coefficient (Wildman–Crippen LogP) is 4.50. The molecule has 6 rings (SSSR count). The van der Waals surface area contributed by atoms with Gasteiger partial charge in [-0.2, -0.15) is 10.1 Å². The van der Waals surface area contributed by atoms with Crippen molar-refractivity contribution >= 4 is 34.2 Å². The Bertz CT molecular complexity index is 1820. The van der Waals surface area contributed by atoms with Gasteiger partial charge in [0, 0.05) is 59.6 Å². The molecule has 12 heteroatoms. The van der Waals surface area contributed by atoms with Crippen molar-refractivity contribution in [1.29, 1.82) is 0 Å². The number of aromatic nitrogens is 4. The standard InChI is InChI=1S/C30H26ClF2N7O2/c1-3-26(41)39-12-11-37(16-20(39)15-34-2)29-23-14-24(31)27(21-7-5-18(32)13-25(21)33)22-8-6-19(17-38-10-4-9-35-38)40(28(22)23)30(42)36-29/h3-5,7,9-10,13-14,19-20H,1,6,8,11-12,15-17H2/t19?,20-/m0/s1. The zero-order chi connectivity index (χ0) is 29.5. The van der Waals surface area contributed by atoms with Crippen molar-refractivity contribution in [3.63, 3.8) is 0 Å². The van der Waals surface area contributed by atoms with Gasteiger partial charge in [-0.05, 0) is 48.7 Å². The number of benzene rings is 2. The van der Waals surface area contributed by atoms with Crippen LogP contribution in [0.3, 0.4) is 0 Å². The molecule has 2 aromatic heterocycles. The van der Waals surface area contributed by atoms with Crippen molar-refractivity contribution in [2.75, 3.05) is 31.1 Å². The summed E-state index contributed by atoms with van der Waals surface area (Å²) in [6.07, 6.45) is 5.76. The molecule has 1 amide bonds. The first-order chi connectivity index (χ1) is 20.3. The fourth-order valence-corrected chi connectivity index (χ4v) is 6.52. The molecule has 4 aromatic rings. The third kappa shape index (κ3) is 4.71. The van der Waals surface area contributed by atoms with Gasteiger partial charge < -0.3 is 14.6 Å². The number of piperazine rings is 1. The van der Waals surface area contributed by atoms with Gasteiger partial charge in [0.2, 0.25) is 12.5 Å². The van der Waals surface area contributed by atoms with Crippen LogP contribution in [0.4, 0.5) is 14.6 Å². The normalized spacial score (nSPS) is 18.2. The lowest BCUT2D eigenvalue weighted by Gasteiger charge is -2.40. The van der Waals surface area contributed by atoms with Gasteiger partial charge in [0.15, 0.2) is 0 Å². The molecular formula is C30H26ClF2N7O2. The maximum absolute atomic E-state index is 15.1. The average Bonchev–Trinajstić information content (AvgIpc) is 3.49. The number of amides is 1. The zero-order valence-electron chi connectivity index (χ0n) is 22.5. The molecule has 9 nitrogen and oxygen atoms in total. The molecule has 2 aromatic carbocycles. The molecule has 0 aliphatic carbocycles. The van der Waals surface area contributed by atoms with Gasteiger partial charge >= 0.3 is 5.69 Å². The first-order valence-electron chi connectivity index (χ1n) is 13.5. The molecule has 2 atom stereocenters. The predicted molar refractivity (Wildman–Crippen MR) is 155 cm³/mol. The lowest BCUT2D eigenvalue weighted by Crippen LogP contribution is -2.56. The summed E-state index contributed by atoms with van der Waals surface area (Å²) in [6.45, 7) is 12.5. The highest BCUT2D eigenvalue weighted by atomic mass is 35.5. The van der Waals surface area contributed by atoms with Crippen LogP contribution >= 0.6 is 11.6 Å². The van der Waals surface area contributed by atoms with Gasteiger partial charge in [-0.15, -0.1) is 0 Å². The van der Waals surface area contributed by atoms with Crippen LogP contribution in [-0.4, -0.2) is 62.4 Å². The van der Waals surface area contributed by atoms with Gasteiger partial charge in [0.25, 0.3) is 0 Å². The minimum Gasteiger partial charge on any atom is -0.352 e. The minimum atomic E-state index is -0.751. The Morgan fingerprint density at radius 1 is 1.24 bits per heavy atom. The Morgan fingerprint density at radius 3 is 2.79 bits per heavy atom. The van der Waals surface area contributed by atoms with Crippen LogP contribution in [0.1, 0.15) is 18.0 Å². The molecule has 0 spiro atoms. The highest BCUT2D eigenvalue weighted by molar-refractivity contribution is 6.34. The zero-order valence-corrected chi connectivity index (χ0v) is 23.3. The number of hydrogen-bond acceptors (Lipinski definition) is 5. The maximum Gasteiger partial charge on any atom is 0.350 e. The molecule has 2 aliphatic heterocycles. The van der Waals surface area contributed by atoms with Crippen LogP contribution in [-0.2, 0) is 17.8 Å². The third-order valence-electron chi connectivity index (χ3n) is 8.03. The van der Waals surface area contributed by atoms with Crippen LogP contribution in [0.2, 0.25) is 5.02 Å². The second kappa shape index (κ2) is 11.0. The van der Waals surface area contributed by atoms with E-state index in [0.717, 1.165) is 6.07 Å². The van der Waals surface area contributed by atoms with E-state index < -0.39 is 23.4 Å². The van der Waals surface area contributed by atoms with Gasteiger partial charge in [-0.3, -0.25) is 14.0 Å². The third-order valence-corrected chi connectivity index (χ3v) is 8.33. The second-order valence-electron chi connectivity index (χ2n) is 10.4. The molecule has 2 aliphatic rings.